The van der Waals surface area contributed by atoms with E-state index in [0.29, 0.717) is 0 Å². The standard InChI is InChI=1S/C17H23N3/c1-18-17(19-13-14-7-8-14)20-11-9-16(10-12-20)15-5-3-2-4-6-15/h2-6,9,14H,7-8,10-13H2,1H3,(H,18,19). The van der Waals surface area contributed by atoms with Crippen molar-refractivity contribution in [3.8, 4) is 0 Å². The molecular weight excluding hydrogens is 246 g/mol. The van der Waals surface area contributed by atoms with Crippen molar-refractivity contribution >= 4 is 11.5 Å². The predicted octanol–water partition coefficient (Wildman–Crippen LogP) is 2.76. The minimum absolute atomic E-state index is 0.881. The molecule has 20 heavy (non-hydrogen) atoms. The molecule has 3 heteroatoms. The Labute approximate surface area is 121 Å². The van der Waals surface area contributed by atoms with E-state index in [1.807, 2.05) is 7.05 Å². The Morgan fingerprint density at radius 2 is 2.10 bits per heavy atom. The van der Waals surface area contributed by atoms with Crippen molar-refractivity contribution in [2.75, 3.05) is 26.7 Å². The molecule has 1 saturated carbocycles. The summed E-state index contributed by atoms with van der Waals surface area (Å²) in [5.74, 6) is 1.94. The molecule has 3 rings (SSSR count). The molecule has 1 aliphatic carbocycles. The van der Waals surface area contributed by atoms with Crippen molar-refractivity contribution in [1.82, 2.24) is 10.2 Å². The number of hydrogen-bond acceptors (Lipinski definition) is 1. The van der Waals surface area contributed by atoms with Crippen molar-refractivity contribution in [2.45, 2.75) is 19.3 Å². The highest BCUT2D eigenvalue weighted by Gasteiger charge is 2.23. The van der Waals surface area contributed by atoms with Crippen molar-refractivity contribution < 1.29 is 0 Å². The van der Waals surface area contributed by atoms with Gasteiger partial charge < -0.3 is 10.2 Å². The van der Waals surface area contributed by atoms with Gasteiger partial charge in [0.25, 0.3) is 0 Å². The minimum atomic E-state index is 0.881. The second-order valence-corrected chi connectivity index (χ2v) is 5.66. The van der Waals surface area contributed by atoms with E-state index < -0.39 is 0 Å². The van der Waals surface area contributed by atoms with Crippen LogP contribution in [0.2, 0.25) is 0 Å². The normalized spacial score (nSPS) is 19.8. The number of guanidine groups is 1. The van der Waals surface area contributed by atoms with Crippen molar-refractivity contribution in [3.63, 3.8) is 0 Å². The van der Waals surface area contributed by atoms with E-state index in [4.69, 9.17) is 0 Å². The summed E-state index contributed by atoms with van der Waals surface area (Å²) in [5, 5.41) is 3.50. The Morgan fingerprint density at radius 3 is 2.70 bits per heavy atom. The molecule has 0 amide bonds. The van der Waals surface area contributed by atoms with E-state index in [1.165, 1.54) is 24.0 Å². The first-order valence-electron chi connectivity index (χ1n) is 7.57. The Kier molecular flexibility index (Phi) is 4.05. The summed E-state index contributed by atoms with van der Waals surface area (Å²) in [5.41, 5.74) is 2.81. The molecule has 0 atom stereocenters. The topological polar surface area (TPSA) is 27.6 Å². The highest BCUT2D eigenvalue weighted by atomic mass is 15.3. The van der Waals surface area contributed by atoms with Gasteiger partial charge in [0.05, 0.1) is 0 Å². The molecule has 0 radical (unpaired) electrons. The molecule has 0 spiro atoms. The molecule has 106 valence electrons. The lowest BCUT2D eigenvalue weighted by Gasteiger charge is -2.29. The van der Waals surface area contributed by atoms with Crippen molar-refractivity contribution in [2.24, 2.45) is 10.9 Å². The van der Waals surface area contributed by atoms with Crippen LogP contribution in [0.3, 0.4) is 0 Å². The number of aliphatic imine (C=N–C) groups is 1. The SMILES string of the molecule is CN=C(NCC1CC1)N1CC=C(c2ccccc2)CC1. The molecule has 0 saturated heterocycles. The first-order chi connectivity index (χ1) is 9.86. The number of nitrogens with zero attached hydrogens (tertiary/aromatic N) is 2. The molecule has 1 aromatic rings. The van der Waals surface area contributed by atoms with Crippen LogP contribution in [0.4, 0.5) is 0 Å². The highest BCUT2D eigenvalue weighted by molar-refractivity contribution is 5.81. The molecule has 2 aliphatic rings. The lowest BCUT2D eigenvalue weighted by Crippen LogP contribution is -2.44. The molecule has 1 aromatic carbocycles. The summed E-state index contributed by atoms with van der Waals surface area (Å²) in [6, 6.07) is 10.7. The molecule has 3 nitrogen and oxygen atoms in total. The van der Waals surface area contributed by atoms with Crippen LogP contribution >= 0.6 is 0 Å². The molecule has 0 unspecified atom stereocenters. The summed E-state index contributed by atoms with van der Waals surface area (Å²) in [7, 11) is 1.88. The van der Waals surface area contributed by atoms with Crippen LogP contribution in [-0.4, -0.2) is 37.5 Å². The lowest BCUT2D eigenvalue weighted by atomic mass is 10.00. The van der Waals surface area contributed by atoms with Gasteiger partial charge in [0, 0.05) is 26.7 Å². The number of rotatable bonds is 3. The van der Waals surface area contributed by atoms with Crippen LogP contribution in [-0.2, 0) is 0 Å². The number of nitrogens with one attached hydrogen (secondary N) is 1. The van der Waals surface area contributed by atoms with Crippen molar-refractivity contribution in [1.29, 1.82) is 0 Å². The fraction of sp³-hybridized carbons (Fsp3) is 0.471. The maximum Gasteiger partial charge on any atom is 0.193 e. The maximum absolute atomic E-state index is 4.41. The number of hydrogen-bond donors (Lipinski definition) is 1. The van der Waals surface area contributed by atoms with Crippen molar-refractivity contribution in [3.05, 3.63) is 42.0 Å². The van der Waals surface area contributed by atoms with Gasteiger partial charge in [-0.2, -0.15) is 0 Å². The molecule has 1 N–H and O–H groups in total. The molecule has 0 aromatic heterocycles. The van der Waals surface area contributed by atoms with Gasteiger partial charge in [-0.05, 0) is 36.3 Å². The minimum Gasteiger partial charge on any atom is -0.356 e. The molecule has 1 heterocycles. The van der Waals surface area contributed by atoms with Gasteiger partial charge >= 0.3 is 0 Å². The average molecular weight is 269 g/mol. The van der Waals surface area contributed by atoms with Gasteiger partial charge in [0.15, 0.2) is 5.96 Å². The van der Waals surface area contributed by atoms with E-state index in [1.54, 1.807) is 0 Å². The third-order valence-corrected chi connectivity index (χ3v) is 4.11. The molecular formula is C17H23N3. The van der Waals surface area contributed by atoms with Crippen LogP contribution in [0.25, 0.3) is 5.57 Å². The van der Waals surface area contributed by atoms with Gasteiger partial charge in [-0.25, -0.2) is 0 Å². The summed E-state index contributed by atoms with van der Waals surface area (Å²) >= 11 is 0. The monoisotopic (exact) mass is 269 g/mol. The van der Waals surface area contributed by atoms with Gasteiger partial charge in [-0.15, -0.1) is 0 Å². The largest absolute Gasteiger partial charge is 0.356 e. The van der Waals surface area contributed by atoms with Gasteiger partial charge in [-0.3, -0.25) is 4.99 Å². The summed E-state index contributed by atoms with van der Waals surface area (Å²) in [4.78, 5) is 6.75. The molecule has 0 bridgehead atoms. The zero-order valence-corrected chi connectivity index (χ0v) is 12.2. The predicted molar refractivity (Wildman–Crippen MR) is 84.7 cm³/mol. The van der Waals surface area contributed by atoms with E-state index in [0.717, 1.165) is 37.9 Å². The number of benzene rings is 1. The van der Waals surface area contributed by atoms with E-state index in [-0.39, 0.29) is 0 Å². The molecule has 1 aliphatic heterocycles. The summed E-state index contributed by atoms with van der Waals surface area (Å²) in [6.45, 7) is 3.08. The highest BCUT2D eigenvalue weighted by Crippen LogP contribution is 2.27. The fourth-order valence-corrected chi connectivity index (χ4v) is 2.67. The third-order valence-electron chi connectivity index (χ3n) is 4.11. The van der Waals surface area contributed by atoms with Gasteiger partial charge in [0.1, 0.15) is 0 Å². The van der Waals surface area contributed by atoms with Gasteiger partial charge in [-0.1, -0.05) is 36.4 Å². The van der Waals surface area contributed by atoms with Crippen LogP contribution in [0, 0.1) is 5.92 Å². The fourth-order valence-electron chi connectivity index (χ4n) is 2.67. The molecule has 1 fully saturated rings. The Hall–Kier alpha value is -1.77. The third kappa shape index (κ3) is 3.21. The van der Waals surface area contributed by atoms with Crippen LogP contribution in [0.5, 0.6) is 0 Å². The first kappa shape index (κ1) is 13.2. The Morgan fingerprint density at radius 1 is 1.30 bits per heavy atom. The zero-order chi connectivity index (χ0) is 13.8. The van der Waals surface area contributed by atoms with Crippen LogP contribution in [0.1, 0.15) is 24.8 Å². The summed E-state index contributed by atoms with van der Waals surface area (Å²) in [6.07, 6.45) is 6.18. The zero-order valence-electron chi connectivity index (χ0n) is 12.2. The second kappa shape index (κ2) is 6.12. The Balaban J connectivity index is 1.60. The van der Waals surface area contributed by atoms with E-state index in [9.17, 15) is 0 Å². The van der Waals surface area contributed by atoms with Crippen LogP contribution < -0.4 is 5.32 Å². The Bertz CT molecular complexity index is 500. The maximum atomic E-state index is 4.41. The summed E-state index contributed by atoms with van der Waals surface area (Å²) < 4.78 is 0. The van der Waals surface area contributed by atoms with Crippen LogP contribution in [0.15, 0.2) is 41.4 Å². The lowest BCUT2D eigenvalue weighted by molar-refractivity contribution is 0.438. The quantitative estimate of drug-likeness (QED) is 0.675. The average Bonchev–Trinajstić information content (AvgIpc) is 3.34. The smallest absolute Gasteiger partial charge is 0.193 e. The van der Waals surface area contributed by atoms with E-state index in [2.05, 4.69) is 51.6 Å². The van der Waals surface area contributed by atoms with Gasteiger partial charge in [0.2, 0.25) is 0 Å². The van der Waals surface area contributed by atoms with E-state index >= 15 is 0 Å². The first-order valence-corrected chi connectivity index (χ1v) is 7.57. The second-order valence-electron chi connectivity index (χ2n) is 5.66.